The summed E-state index contributed by atoms with van der Waals surface area (Å²) in [4.78, 5) is 28.9. The largest absolute Gasteiger partial charge is 0.345 e. The second kappa shape index (κ2) is 8.05. The molecule has 0 aliphatic rings. The third kappa shape index (κ3) is 4.35. The van der Waals surface area contributed by atoms with Crippen LogP contribution in [0, 0.1) is 5.82 Å². The Morgan fingerprint density at radius 2 is 1.89 bits per heavy atom. The van der Waals surface area contributed by atoms with E-state index in [1.807, 2.05) is 0 Å². The first-order valence-electron chi connectivity index (χ1n) is 8.20. The lowest BCUT2D eigenvalue weighted by atomic mass is 10.1. The van der Waals surface area contributed by atoms with Crippen LogP contribution in [0.2, 0.25) is 0 Å². The van der Waals surface area contributed by atoms with Gasteiger partial charge in [0.1, 0.15) is 16.4 Å². The molecule has 3 aromatic rings. The van der Waals surface area contributed by atoms with Gasteiger partial charge in [-0.2, -0.15) is 4.37 Å². The topological polar surface area (TPSA) is 84.0 Å². The number of pyridine rings is 1. The van der Waals surface area contributed by atoms with E-state index in [1.54, 1.807) is 43.5 Å². The highest BCUT2D eigenvalue weighted by Crippen LogP contribution is 2.32. The minimum atomic E-state index is -0.379. The van der Waals surface area contributed by atoms with Crippen LogP contribution in [0.5, 0.6) is 0 Å². The lowest BCUT2D eigenvalue weighted by Gasteiger charge is -2.14. The molecule has 0 spiro atoms. The first-order chi connectivity index (χ1) is 13.0. The second-order valence-electron chi connectivity index (χ2n) is 5.88. The summed E-state index contributed by atoms with van der Waals surface area (Å²) in [6.07, 6.45) is 1.61. The van der Waals surface area contributed by atoms with E-state index < -0.39 is 0 Å². The minimum absolute atomic E-state index is 0.278. The van der Waals surface area contributed by atoms with E-state index in [0.29, 0.717) is 17.1 Å². The van der Waals surface area contributed by atoms with Gasteiger partial charge in [0, 0.05) is 13.1 Å². The number of hydrogen-bond acceptors (Lipinski definition) is 5. The zero-order valence-corrected chi connectivity index (χ0v) is 15.5. The molecule has 6 nitrogen and oxygen atoms in total. The number of nitrogens with zero attached hydrogens (tertiary/aromatic N) is 2. The molecule has 0 fully saturated rings. The molecule has 0 aliphatic heterocycles. The Balaban J connectivity index is 1.88. The Labute approximate surface area is 159 Å². The zero-order chi connectivity index (χ0) is 19.4. The molecule has 2 N–H and O–H groups in total. The fraction of sp³-hybridized carbons (Fsp3) is 0.158. The van der Waals surface area contributed by atoms with Crippen molar-refractivity contribution in [2.75, 3.05) is 5.32 Å². The Kier molecular flexibility index (Phi) is 5.56. The Morgan fingerprint density at radius 1 is 1.15 bits per heavy atom. The van der Waals surface area contributed by atoms with Crippen LogP contribution in [0.3, 0.4) is 0 Å². The molecule has 0 aliphatic carbocycles. The average Bonchev–Trinajstić information content (AvgIpc) is 3.06. The van der Waals surface area contributed by atoms with Crippen LogP contribution in [0.4, 0.5) is 10.1 Å². The number of anilines is 1. The molecule has 0 saturated carbocycles. The fourth-order valence-corrected chi connectivity index (χ4v) is 3.26. The van der Waals surface area contributed by atoms with Crippen LogP contribution in [-0.4, -0.2) is 21.2 Å². The third-order valence-corrected chi connectivity index (χ3v) is 4.67. The predicted molar refractivity (Wildman–Crippen MR) is 102 cm³/mol. The molecule has 1 atom stereocenters. The number of halogens is 1. The zero-order valence-electron chi connectivity index (χ0n) is 14.7. The van der Waals surface area contributed by atoms with E-state index in [4.69, 9.17) is 0 Å². The van der Waals surface area contributed by atoms with E-state index in [1.165, 1.54) is 19.1 Å². The van der Waals surface area contributed by atoms with Crippen molar-refractivity contribution < 1.29 is 14.0 Å². The smallest absolute Gasteiger partial charge is 0.265 e. The van der Waals surface area contributed by atoms with E-state index in [2.05, 4.69) is 20.0 Å². The van der Waals surface area contributed by atoms with Gasteiger partial charge in [0.15, 0.2) is 0 Å². The monoisotopic (exact) mass is 384 g/mol. The summed E-state index contributed by atoms with van der Waals surface area (Å²) in [5.41, 5.74) is 2.09. The van der Waals surface area contributed by atoms with Crippen molar-refractivity contribution in [1.82, 2.24) is 14.7 Å². The molecule has 0 bridgehead atoms. The number of rotatable bonds is 5. The minimum Gasteiger partial charge on any atom is -0.345 e. The molecular weight excluding hydrogens is 367 g/mol. The number of carbonyl (C=O) groups excluding carboxylic acids is 2. The van der Waals surface area contributed by atoms with Gasteiger partial charge in [-0.15, -0.1) is 0 Å². The van der Waals surface area contributed by atoms with E-state index >= 15 is 0 Å². The maximum atomic E-state index is 13.1. The number of nitrogens with one attached hydrogen (secondary N) is 2. The van der Waals surface area contributed by atoms with Gasteiger partial charge in [0.05, 0.1) is 17.4 Å². The molecular formula is C19H17FN4O2S. The van der Waals surface area contributed by atoms with Crippen molar-refractivity contribution in [2.45, 2.75) is 19.9 Å². The van der Waals surface area contributed by atoms with Crippen LogP contribution < -0.4 is 10.6 Å². The van der Waals surface area contributed by atoms with Gasteiger partial charge in [-0.1, -0.05) is 18.2 Å². The van der Waals surface area contributed by atoms with Gasteiger partial charge in [-0.05, 0) is 48.3 Å². The van der Waals surface area contributed by atoms with Crippen LogP contribution in [-0.2, 0) is 4.79 Å². The van der Waals surface area contributed by atoms with Gasteiger partial charge >= 0.3 is 0 Å². The molecule has 2 heterocycles. The number of hydrogen-bond donors (Lipinski definition) is 2. The van der Waals surface area contributed by atoms with Gasteiger partial charge in [0.25, 0.3) is 5.91 Å². The van der Waals surface area contributed by atoms with Crippen LogP contribution in [0.1, 0.15) is 35.1 Å². The normalized spacial score (nSPS) is 11.7. The summed E-state index contributed by atoms with van der Waals surface area (Å²) in [7, 11) is 0. The molecule has 1 aromatic carbocycles. The van der Waals surface area contributed by atoms with Crippen molar-refractivity contribution in [3.63, 3.8) is 0 Å². The summed E-state index contributed by atoms with van der Waals surface area (Å²) in [6, 6.07) is 10.9. The number of carbonyl (C=O) groups is 2. The Morgan fingerprint density at radius 3 is 2.52 bits per heavy atom. The number of aromatic nitrogens is 2. The van der Waals surface area contributed by atoms with Crippen LogP contribution in [0.15, 0.2) is 48.7 Å². The molecule has 0 unspecified atom stereocenters. The summed E-state index contributed by atoms with van der Waals surface area (Å²) in [5, 5.41) is 5.53. The van der Waals surface area contributed by atoms with Crippen molar-refractivity contribution in [1.29, 1.82) is 0 Å². The maximum absolute atomic E-state index is 13.1. The van der Waals surface area contributed by atoms with Crippen molar-refractivity contribution >= 4 is 29.0 Å². The SMILES string of the molecule is CC(=O)Nc1c(-c2ccccn2)nsc1C(=O)N[C@H](C)c1ccc(F)cc1. The third-order valence-electron chi connectivity index (χ3n) is 3.82. The van der Waals surface area contributed by atoms with Crippen molar-refractivity contribution in [2.24, 2.45) is 0 Å². The van der Waals surface area contributed by atoms with Crippen molar-refractivity contribution in [3.8, 4) is 11.4 Å². The second-order valence-corrected chi connectivity index (χ2v) is 6.65. The fourth-order valence-electron chi connectivity index (χ4n) is 2.51. The van der Waals surface area contributed by atoms with E-state index in [-0.39, 0.29) is 28.6 Å². The highest BCUT2D eigenvalue weighted by Gasteiger charge is 2.23. The highest BCUT2D eigenvalue weighted by molar-refractivity contribution is 7.09. The molecule has 138 valence electrons. The summed E-state index contributed by atoms with van der Waals surface area (Å²) in [5.74, 6) is -1.03. The molecule has 0 saturated heterocycles. The van der Waals surface area contributed by atoms with Gasteiger partial charge in [-0.25, -0.2) is 4.39 Å². The molecule has 2 amide bonds. The van der Waals surface area contributed by atoms with Crippen LogP contribution in [0.25, 0.3) is 11.4 Å². The lowest BCUT2D eigenvalue weighted by molar-refractivity contribution is -0.114. The molecule has 0 radical (unpaired) electrons. The molecule has 3 rings (SSSR count). The van der Waals surface area contributed by atoms with Gasteiger partial charge < -0.3 is 10.6 Å². The van der Waals surface area contributed by atoms with E-state index in [0.717, 1.165) is 17.1 Å². The Hall–Kier alpha value is -3.13. The first kappa shape index (κ1) is 18.7. The lowest BCUT2D eigenvalue weighted by Crippen LogP contribution is -2.27. The molecule has 27 heavy (non-hydrogen) atoms. The van der Waals surface area contributed by atoms with E-state index in [9.17, 15) is 14.0 Å². The number of amides is 2. The van der Waals surface area contributed by atoms with Gasteiger partial charge in [-0.3, -0.25) is 14.6 Å². The van der Waals surface area contributed by atoms with Crippen molar-refractivity contribution in [3.05, 3.63) is 64.9 Å². The molecule has 8 heteroatoms. The quantitative estimate of drug-likeness (QED) is 0.701. The summed E-state index contributed by atoms with van der Waals surface area (Å²) >= 11 is 0.984. The predicted octanol–water partition coefficient (Wildman–Crippen LogP) is 3.79. The number of benzene rings is 1. The average molecular weight is 384 g/mol. The Bertz CT molecular complexity index is 958. The van der Waals surface area contributed by atoms with Crippen LogP contribution >= 0.6 is 11.5 Å². The standard InChI is InChI=1S/C19H17FN4O2S/c1-11(13-6-8-14(20)9-7-13)22-19(26)18-17(23-12(2)25)16(24-27-18)15-5-3-4-10-21-15/h3-11H,1-2H3,(H,22,26)(H,23,25)/t11-/m1/s1. The summed E-state index contributed by atoms with van der Waals surface area (Å²) < 4.78 is 17.4. The maximum Gasteiger partial charge on any atom is 0.265 e. The van der Waals surface area contributed by atoms with Gasteiger partial charge in [0.2, 0.25) is 5.91 Å². The molecule has 2 aromatic heterocycles. The first-order valence-corrected chi connectivity index (χ1v) is 8.98. The summed E-state index contributed by atoms with van der Waals surface area (Å²) in [6.45, 7) is 3.16. The highest BCUT2D eigenvalue weighted by atomic mass is 32.1.